The largest absolute Gasteiger partial charge is 0.478 e. The number of alkyl halides is 1. The first-order valence-electron chi connectivity index (χ1n) is 3.78. The summed E-state index contributed by atoms with van der Waals surface area (Å²) in [6, 6.07) is 0. The van der Waals surface area contributed by atoms with Crippen LogP contribution in [0.2, 0.25) is 0 Å². The number of aliphatic carboxylic acids is 1. The van der Waals surface area contributed by atoms with Gasteiger partial charge in [0.15, 0.2) is 28.9 Å². The van der Waals surface area contributed by atoms with E-state index >= 15 is 0 Å². The monoisotopic (exact) mass is 235 g/mol. The molecule has 0 spiro atoms. The predicted molar refractivity (Wildman–Crippen MR) is 41.1 cm³/mol. The van der Waals surface area contributed by atoms with Crippen molar-refractivity contribution in [2.24, 2.45) is 15.4 Å². The molecule has 1 heterocycles. The molecule has 0 aromatic carbocycles. The van der Waals surface area contributed by atoms with Crippen LogP contribution in [0.25, 0.3) is 0 Å². The molecule has 0 bridgehead atoms. The Bertz CT molecular complexity index is 518. The normalized spacial score (nSPS) is 28.4. The molecule has 5 nitrogen and oxygen atoms in total. The van der Waals surface area contributed by atoms with Crippen LogP contribution in [0.4, 0.5) is 17.6 Å². The highest BCUT2D eigenvalue weighted by Gasteiger charge is 2.58. The number of hydrogen-bond acceptors (Lipinski definition) is 4. The van der Waals surface area contributed by atoms with Crippen LogP contribution >= 0.6 is 0 Å². The number of carbonyl (C=O) groups is 1. The predicted octanol–water partition coefficient (Wildman–Crippen LogP) is 1.95. The van der Waals surface area contributed by atoms with Gasteiger partial charge in [0.05, 0.1) is 0 Å². The summed E-state index contributed by atoms with van der Waals surface area (Å²) in [4.78, 5) is 10.6. The molecule has 84 valence electrons. The summed E-state index contributed by atoms with van der Waals surface area (Å²) >= 11 is 0. The van der Waals surface area contributed by atoms with Crippen LogP contribution in [0.3, 0.4) is 0 Å². The first kappa shape index (κ1) is 10.5. The van der Waals surface area contributed by atoms with E-state index in [1.54, 1.807) is 0 Å². The van der Waals surface area contributed by atoms with E-state index in [1.165, 1.54) is 0 Å². The summed E-state index contributed by atoms with van der Waals surface area (Å²) in [5.41, 5.74) is -6.15. The van der Waals surface area contributed by atoms with E-state index in [4.69, 9.17) is 5.11 Å². The van der Waals surface area contributed by atoms with Crippen molar-refractivity contribution < 1.29 is 27.5 Å². The number of allylic oxidation sites excluding steroid dienone is 3. The molecule has 1 unspecified atom stereocenters. The third kappa shape index (κ3) is 0.993. The van der Waals surface area contributed by atoms with Gasteiger partial charge in [0.2, 0.25) is 0 Å². The molecule has 1 aliphatic carbocycles. The van der Waals surface area contributed by atoms with Crippen molar-refractivity contribution in [3.8, 4) is 0 Å². The summed E-state index contributed by atoms with van der Waals surface area (Å²) in [5.74, 6) is -8.85. The fraction of sp³-hybridized carbons (Fsp3) is 0.143. The Labute approximate surface area is 84.5 Å². The molecule has 0 saturated carbocycles. The lowest BCUT2D eigenvalue weighted by Gasteiger charge is -2.22. The Hall–Kier alpha value is -2.06. The standard InChI is InChI=1S/C7HF4N3O2/c8-1-2(9)4(10)7(11,6(15)16)5-3(1)12-14-13-5/h(H,15,16). The van der Waals surface area contributed by atoms with Crippen LogP contribution in [0.1, 0.15) is 0 Å². The molecular weight excluding hydrogens is 234 g/mol. The van der Waals surface area contributed by atoms with Gasteiger partial charge in [-0.1, -0.05) is 0 Å². The van der Waals surface area contributed by atoms with E-state index in [0.717, 1.165) is 0 Å². The van der Waals surface area contributed by atoms with Crippen molar-refractivity contribution in [2.75, 3.05) is 0 Å². The first-order valence-corrected chi connectivity index (χ1v) is 3.78. The van der Waals surface area contributed by atoms with Gasteiger partial charge in [-0.3, -0.25) is 0 Å². The molecule has 16 heavy (non-hydrogen) atoms. The third-order valence-electron chi connectivity index (χ3n) is 2.03. The van der Waals surface area contributed by atoms with Gasteiger partial charge < -0.3 is 5.11 Å². The second-order valence-corrected chi connectivity index (χ2v) is 2.89. The second-order valence-electron chi connectivity index (χ2n) is 2.89. The molecule has 0 aromatic heterocycles. The molecule has 0 radical (unpaired) electrons. The average molecular weight is 235 g/mol. The van der Waals surface area contributed by atoms with E-state index in [-0.39, 0.29) is 0 Å². The lowest BCUT2D eigenvalue weighted by molar-refractivity contribution is -0.145. The minimum Gasteiger partial charge on any atom is -0.478 e. The van der Waals surface area contributed by atoms with Crippen molar-refractivity contribution in [1.82, 2.24) is 0 Å². The molecule has 0 amide bonds. The molecule has 1 aliphatic heterocycles. The Morgan fingerprint density at radius 3 is 2.44 bits per heavy atom. The van der Waals surface area contributed by atoms with Crippen LogP contribution in [-0.2, 0) is 4.79 Å². The number of carboxylic acid groups (broad SMARTS) is 1. The van der Waals surface area contributed by atoms with Gasteiger partial charge in [-0.25, -0.2) is 22.4 Å². The van der Waals surface area contributed by atoms with Gasteiger partial charge in [0, 0.05) is 0 Å². The van der Waals surface area contributed by atoms with Crippen LogP contribution in [0.15, 0.2) is 38.6 Å². The van der Waals surface area contributed by atoms with Crippen molar-refractivity contribution in [1.29, 1.82) is 0 Å². The third-order valence-corrected chi connectivity index (χ3v) is 2.03. The van der Waals surface area contributed by atoms with Crippen LogP contribution in [0.5, 0.6) is 0 Å². The van der Waals surface area contributed by atoms with Gasteiger partial charge in [0.25, 0.3) is 0 Å². The number of carboxylic acids is 1. The van der Waals surface area contributed by atoms with E-state index in [1.807, 2.05) is 0 Å². The molecule has 9 heteroatoms. The SMILES string of the molecule is O=C(O)C1(F)C2=NN=NC2=C(F)C(F)=C1F. The van der Waals surface area contributed by atoms with Gasteiger partial charge >= 0.3 is 11.6 Å². The topological polar surface area (TPSA) is 74.4 Å². The maximum absolute atomic E-state index is 13.7. The lowest BCUT2D eigenvalue weighted by Crippen LogP contribution is -2.45. The zero-order valence-corrected chi connectivity index (χ0v) is 7.21. The number of rotatable bonds is 1. The molecule has 1 atom stereocenters. The summed E-state index contributed by atoms with van der Waals surface area (Å²) in [7, 11) is 0. The van der Waals surface area contributed by atoms with E-state index in [9.17, 15) is 22.4 Å². The summed E-state index contributed by atoms with van der Waals surface area (Å²) in [6.07, 6.45) is 0. The molecule has 2 rings (SSSR count). The molecule has 1 N–H and O–H groups in total. The Morgan fingerprint density at radius 2 is 1.88 bits per heavy atom. The molecule has 2 aliphatic rings. The van der Waals surface area contributed by atoms with Crippen LogP contribution in [0, 0.1) is 0 Å². The fourth-order valence-electron chi connectivity index (χ4n) is 1.24. The van der Waals surface area contributed by atoms with E-state index in [2.05, 4.69) is 15.4 Å². The zero-order chi connectivity index (χ0) is 12.1. The number of fused-ring (bicyclic) bond motifs is 1. The number of nitrogens with zero attached hydrogens (tertiary/aromatic N) is 3. The maximum Gasteiger partial charge on any atom is 0.355 e. The Balaban J connectivity index is 2.75. The number of halogens is 4. The molecule has 0 saturated heterocycles. The van der Waals surface area contributed by atoms with Crippen LogP contribution in [-0.4, -0.2) is 22.5 Å². The van der Waals surface area contributed by atoms with Gasteiger partial charge in [-0.2, -0.15) is 0 Å². The maximum atomic E-state index is 13.7. The number of hydrogen-bond donors (Lipinski definition) is 1. The van der Waals surface area contributed by atoms with Crippen molar-refractivity contribution in [2.45, 2.75) is 5.67 Å². The zero-order valence-electron chi connectivity index (χ0n) is 7.21. The van der Waals surface area contributed by atoms with Gasteiger partial charge in [-0.15, -0.1) is 10.2 Å². The second kappa shape index (κ2) is 2.97. The van der Waals surface area contributed by atoms with Crippen molar-refractivity contribution >= 4 is 11.7 Å². The minimum atomic E-state index is -3.89. The molecule has 0 aromatic rings. The quantitative estimate of drug-likeness (QED) is 0.705. The first-order chi connectivity index (χ1) is 7.40. The van der Waals surface area contributed by atoms with Crippen LogP contribution < -0.4 is 0 Å². The smallest absolute Gasteiger partial charge is 0.355 e. The van der Waals surface area contributed by atoms with Crippen molar-refractivity contribution in [3.05, 3.63) is 23.2 Å². The fourth-order valence-corrected chi connectivity index (χ4v) is 1.24. The van der Waals surface area contributed by atoms with E-state index in [0.29, 0.717) is 0 Å². The van der Waals surface area contributed by atoms with Gasteiger partial charge in [0.1, 0.15) is 0 Å². The molecular formula is C7HF4N3O2. The highest BCUT2D eigenvalue weighted by molar-refractivity contribution is 6.21. The Kier molecular flexibility index (Phi) is 1.94. The average Bonchev–Trinajstić information content (AvgIpc) is 2.72. The highest BCUT2D eigenvalue weighted by Crippen LogP contribution is 2.42. The minimum absolute atomic E-state index is 1.05. The summed E-state index contributed by atoms with van der Waals surface area (Å²) < 4.78 is 52.7. The van der Waals surface area contributed by atoms with Crippen molar-refractivity contribution in [3.63, 3.8) is 0 Å². The van der Waals surface area contributed by atoms with Gasteiger partial charge in [-0.05, 0) is 5.22 Å². The molecule has 0 fully saturated rings. The Morgan fingerprint density at radius 1 is 1.25 bits per heavy atom. The van der Waals surface area contributed by atoms with E-state index < -0.39 is 40.5 Å². The summed E-state index contributed by atoms with van der Waals surface area (Å²) in [6.45, 7) is 0. The highest BCUT2D eigenvalue weighted by atomic mass is 19.2. The lowest BCUT2D eigenvalue weighted by atomic mass is 9.90. The summed E-state index contributed by atoms with van der Waals surface area (Å²) in [5, 5.41) is 17.0.